The van der Waals surface area contributed by atoms with Gasteiger partial charge in [0.05, 0.1) is 6.54 Å². The van der Waals surface area contributed by atoms with Crippen molar-refractivity contribution in [1.29, 1.82) is 0 Å². The molecule has 20 heavy (non-hydrogen) atoms. The lowest BCUT2D eigenvalue weighted by molar-refractivity contribution is -0.117. The molecule has 1 aromatic carbocycles. The number of nitrogens with zero attached hydrogens (tertiary/aromatic N) is 1. The van der Waals surface area contributed by atoms with Gasteiger partial charge < -0.3 is 11.1 Å². The summed E-state index contributed by atoms with van der Waals surface area (Å²) in [5.74, 6) is 0.485. The summed E-state index contributed by atoms with van der Waals surface area (Å²) in [4.78, 5) is 14.1. The number of nitrogens with two attached hydrogens (primary N) is 1. The van der Waals surface area contributed by atoms with Crippen molar-refractivity contribution in [2.45, 2.75) is 19.4 Å². The number of likely N-dealkylation sites (tertiary alicyclic amines) is 1. The van der Waals surface area contributed by atoms with Crippen LogP contribution in [0.3, 0.4) is 0 Å². The Morgan fingerprint density at radius 3 is 2.70 bits per heavy atom. The Hall–Kier alpha value is -0.620. The van der Waals surface area contributed by atoms with Crippen molar-refractivity contribution in [3.8, 4) is 0 Å². The molecule has 0 bridgehead atoms. The first-order valence-corrected chi connectivity index (χ1v) is 7.37. The Kier molecular flexibility index (Phi) is 6.95. The van der Waals surface area contributed by atoms with Crippen LogP contribution in [0.2, 0.25) is 0 Å². The van der Waals surface area contributed by atoms with E-state index in [0.29, 0.717) is 12.5 Å². The summed E-state index contributed by atoms with van der Waals surface area (Å²) in [6.45, 7) is 4.38. The van der Waals surface area contributed by atoms with Gasteiger partial charge in [0.1, 0.15) is 0 Å². The Morgan fingerprint density at radius 2 is 2.10 bits per heavy atom. The molecule has 0 aromatic heterocycles. The molecule has 2 unspecified atom stereocenters. The number of anilines is 1. The fraction of sp³-hybridized carbons (Fsp3) is 0.500. The van der Waals surface area contributed by atoms with Crippen molar-refractivity contribution in [2.24, 2.45) is 11.7 Å². The quantitative estimate of drug-likeness (QED) is 0.868. The van der Waals surface area contributed by atoms with Crippen molar-refractivity contribution >= 4 is 39.9 Å². The molecule has 4 nitrogen and oxygen atoms in total. The van der Waals surface area contributed by atoms with Crippen LogP contribution in [0, 0.1) is 5.92 Å². The number of carbonyl (C=O) groups excluding carboxylic acids is 1. The SMILES string of the molecule is CC1CN(CC(=O)Nc2ccc(Br)cc2)CCC1N.Cl. The topological polar surface area (TPSA) is 58.4 Å². The average Bonchev–Trinajstić information content (AvgIpc) is 2.37. The minimum absolute atomic E-state index is 0. The van der Waals surface area contributed by atoms with Crippen LogP contribution < -0.4 is 11.1 Å². The van der Waals surface area contributed by atoms with Crippen molar-refractivity contribution in [3.05, 3.63) is 28.7 Å². The molecule has 1 aliphatic rings. The summed E-state index contributed by atoms with van der Waals surface area (Å²) in [6.07, 6.45) is 0.965. The van der Waals surface area contributed by atoms with Crippen molar-refractivity contribution in [3.63, 3.8) is 0 Å². The number of nitrogens with one attached hydrogen (secondary N) is 1. The maximum atomic E-state index is 12.0. The standard InChI is InChI=1S/C14H20BrN3O.ClH/c1-10-8-18(7-6-13(10)16)9-14(19)17-12-4-2-11(15)3-5-12;/h2-5,10,13H,6-9,16H2,1H3,(H,17,19);1H. The van der Waals surface area contributed by atoms with E-state index in [-0.39, 0.29) is 24.4 Å². The van der Waals surface area contributed by atoms with E-state index in [9.17, 15) is 4.79 Å². The van der Waals surface area contributed by atoms with E-state index in [0.717, 1.165) is 29.7 Å². The highest BCUT2D eigenvalue weighted by Gasteiger charge is 2.24. The predicted molar refractivity (Wildman–Crippen MR) is 88.2 cm³/mol. The molecule has 1 aromatic rings. The molecule has 2 rings (SSSR count). The molecule has 2 atom stereocenters. The molecule has 0 saturated carbocycles. The van der Waals surface area contributed by atoms with Crippen molar-refractivity contribution < 1.29 is 4.79 Å². The molecule has 112 valence electrons. The lowest BCUT2D eigenvalue weighted by atomic mass is 9.95. The van der Waals surface area contributed by atoms with Crippen LogP contribution in [0.4, 0.5) is 5.69 Å². The van der Waals surface area contributed by atoms with Gasteiger partial charge in [0, 0.05) is 29.3 Å². The van der Waals surface area contributed by atoms with Crippen LogP contribution in [0.5, 0.6) is 0 Å². The number of amides is 1. The van der Waals surface area contributed by atoms with Gasteiger partial charge >= 0.3 is 0 Å². The zero-order valence-corrected chi connectivity index (χ0v) is 13.9. The zero-order valence-electron chi connectivity index (χ0n) is 11.5. The molecule has 0 spiro atoms. The first-order valence-electron chi connectivity index (χ1n) is 6.58. The second kappa shape index (κ2) is 7.98. The second-order valence-corrected chi connectivity index (χ2v) is 6.14. The number of hydrogen-bond donors (Lipinski definition) is 2. The van der Waals surface area contributed by atoms with E-state index < -0.39 is 0 Å². The molecule has 1 amide bonds. The fourth-order valence-corrected chi connectivity index (χ4v) is 2.59. The summed E-state index contributed by atoms with van der Waals surface area (Å²) >= 11 is 3.37. The van der Waals surface area contributed by atoms with Crippen LogP contribution in [0.15, 0.2) is 28.7 Å². The predicted octanol–water partition coefficient (Wildman–Crippen LogP) is 2.48. The van der Waals surface area contributed by atoms with E-state index in [2.05, 4.69) is 33.1 Å². The molecule has 1 aliphatic heterocycles. The van der Waals surface area contributed by atoms with Crippen LogP contribution in [0.1, 0.15) is 13.3 Å². The number of carbonyl (C=O) groups is 1. The summed E-state index contributed by atoms with van der Waals surface area (Å²) in [6, 6.07) is 7.87. The molecular formula is C14H21BrClN3O. The van der Waals surface area contributed by atoms with Gasteiger partial charge in [-0.1, -0.05) is 22.9 Å². The lowest BCUT2D eigenvalue weighted by Crippen LogP contribution is -2.48. The third kappa shape index (κ3) is 5.05. The van der Waals surface area contributed by atoms with Crippen molar-refractivity contribution in [1.82, 2.24) is 4.90 Å². The van der Waals surface area contributed by atoms with Crippen LogP contribution in [0.25, 0.3) is 0 Å². The van der Waals surface area contributed by atoms with E-state index in [1.54, 1.807) is 0 Å². The first kappa shape index (κ1) is 17.4. The molecule has 0 aliphatic carbocycles. The van der Waals surface area contributed by atoms with Crippen LogP contribution in [-0.2, 0) is 4.79 Å². The fourth-order valence-electron chi connectivity index (χ4n) is 2.33. The summed E-state index contributed by atoms with van der Waals surface area (Å²) in [5.41, 5.74) is 6.81. The van der Waals surface area contributed by atoms with Gasteiger partial charge in [-0.15, -0.1) is 12.4 Å². The van der Waals surface area contributed by atoms with Gasteiger partial charge in [-0.3, -0.25) is 9.69 Å². The van der Waals surface area contributed by atoms with Crippen molar-refractivity contribution in [2.75, 3.05) is 25.0 Å². The van der Waals surface area contributed by atoms with Gasteiger partial charge in [0.25, 0.3) is 0 Å². The number of rotatable bonds is 3. The molecule has 1 saturated heterocycles. The Balaban J connectivity index is 0.00000200. The minimum Gasteiger partial charge on any atom is -0.327 e. The molecular weight excluding hydrogens is 342 g/mol. The number of benzene rings is 1. The highest BCUT2D eigenvalue weighted by atomic mass is 79.9. The summed E-state index contributed by atoms with van der Waals surface area (Å²) in [7, 11) is 0. The Bertz CT molecular complexity index is 441. The number of halogens is 2. The molecule has 1 fully saturated rings. The Labute approximate surface area is 134 Å². The Morgan fingerprint density at radius 1 is 1.45 bits per heavy atom. The molecule has 1 heterocycles. The summed E-state index contributed by atoms with van der Waals surface area (Å²) < 4.78 is 1.00. The lowest BCUT2D eigenvalue weighted by Gasteiger charge is -2.34. The maximum absolute atomic E-state index is 12.0. The summed E-state index contributed by atoms with van der Waals surface area (Å²) in [5, 5.41) is 2.91. The zero-order chi connectivity index (χ0) is 13.8. The molecule has 3 N–H and O–H groups in total. The van der Waals surface area contributed by atoms with Gasteiger partial charge in [-0.05, 0) is 36.6 Å². The maximum Gasteiger partial charge on any atom is 0.238 e. The number of hydrogen-bond acceptors (Lipinski definition) is 3. The highest BCUT2D eigenvalue weighted by Crippen LogP contribution is 2.16. The normalized spacial score (nSPS) is 22.9. The average molecular weight is 363 g/mol. The molecule has 6 heteroatoms. The van der Waals surface area contributed by atoms with E-state index in [4.69, 9.17) is 5.73 Å². The second-order valence-electron chi connectivity index (χ2n) is 5.22. The van der Waals surface area contributed by atoms with Gasteiger partial charge in [0.15, 0.2) is 0 Å². The third-order valence-electron chi connectivity index (χ3n) is 3.55. The molecule has 0 radical (unpaired) electrons. The van der Waals surface area contributed by atoms with Gasteiger partial charge in [0.2, 0.25) is 5.91 Å². The smallest absolute Gasteiger partial charge is 0.238 e. The van der Waals surface area contributed by atoms with E-state index in [1.807, 2.05) is 24.3 Å². The highest BCUT2D eigenvalue weighted by molar-refractivity contribution is 9.10. The van der Waals surface area contributed by atoms with Gasteiger partial charge in [-0.2, -0.15) is 0 Å². The monoisotopic (exact) mass is 361 g/mol. The number of piperidine rings is 1. The first-order chi connectivity index (χ1) is 9.04. The largest absolute Gasteiger partial charge is 0.327 e. The van der Waals surface area contributed by atoms with Crippen LogP contribution in [-0.4, -0.2) is 36.5 Å². The van der Waals surface area contributed by atoms with Gasteiger partial charge in [-0.25, -0.2) is 0 Å². The van der Waals surface area contributed by atoms with Crippen LogP contribution >= 0.6 is 28.3 Å². The van der Waals surface area contributed by atoms with E-state index in [1.165, 1.54) is 0 Å². The minimum atomic E-state index is 0. The van der Waals surface area contributed by atoms with E-state index >= 15 is 0 Å². The third-order valence-corrected chi connectivity index (χ3v) is 4.08.